The Morgan fingerprint density at radius 1 is 1.21 bits per heavy atom. The molecule has 0 aliphatic carbocycles. The molecule has 2 saturated heterocycles. The average molecular weight is 399 g/mol. The van der Waals surface area contributed by atoms with Crippen molar-refractivity contribution in [2.24, 2.45) is 0 Å². The van der Waals surface area contributed by atoms with E-state index in [9.17, 15) is 9.59 Å². The van der Waals surface area contributed by atoms with Gasteiger partial charge in [0.05, 0.1) is 24.1 Å². The molecule has 2 aliphatic rings. The molecule has 0 spiro atoms. The SMILES string of the molecule is CC1CN(CC2CCCN2C(=O)CCn2nnc3ccccc3c2=O)CC(C)O1. The second-order valence-corrected chi connectivity index (χ2v) is 8.24. The van der Waals surface area contributed by atoms with Crippen LogP contribution >= 0.6 is 0 Å². The van der Waals surface area contributed by atoms with E-state index in [1.54, 1.807) is 12.1 Å². The summed E-state index contributed by atoms with van der Waals surface area (Å²) < 4.78 is 7.12. The van der Waals surface area contributed by atoms with Crippen molar-refractivity contribution in [1.82, 2.24) is 24.8 Å². The van der Waals surface area contributed by atoms with Crippen molar-refractivity contribution >= 4 is 16.8 Å². The van der Waals surface area contributed by atoms with Crippen LogP contribution in [-0.4, -0.2) is 75.1 Å². The van der Waals surface area contributed by atoms with Crippen LogP contribution in [0.4, 0.5) is 0 Å². The molecule has 29 heavy (non-hydrogen) atoms. The van der Waals surface area contributed by atoms with E-state index in [1.807, 2.05) is 17.0 Å². The topological polar surface area (TPSA) is 80.6 Å². The number of morpholine rings is 1. The van der Waals surface area contributed by atoms with Gasteiger partial charge < -0.3 is 9.64 Å². The molecule has 2 fully saturated rings. The molecule has 8 heteroatoms. The molecule has 2 aliphatic heterocycles. The first kappa shape index (κ1) is 20.0. The summed E-state index contributed by atoms with van der Waals surface area (Å²) in [5, 5.41) is 8.62. The van der Waals surface area contributed by atoms with Crippen molar-refractivity contribution in [3.05, 3.63) is 34.6 Å². The van der Waals surface area contributed by atoms with E-state index in [2.05, 4.69) is 29.1 Å². The van der Waals surface area contributed by atoms with Crippen LogP contribution < -0.4 is 5.56 Å². The maximum absolute atomic E-state index is 12.9. The molecule has 1 amide bonds. The van der Waals surface area contributed by atoms with Crippen LogP contribution in [0.15, 0.2) is 29.1 Å². The standard InChI is InChI=1S/C21H29N5O3/c1-15-12-24(13-16(2)29-15)14-17-6-5-10-25(17)20(27)9-11-26-21(28)18-7-3-4-8-19(18)22-23-26/h3-4,7-8,15-17H,5-6,9-14H2,1-2H3. The molecule has 8 nitrogen and oxygen atoms in total. The molecule has 2 aromatic rings. The third-order valence-electron chi connectivity index (χ3n) is 5.83. The second-order valence-electron chi connectivity index (χ2n) is 8.24. The minimum Gasteiger partial charge on any atom is -0.373 e. The van der Waals surface area contributed by atoms with Crippen molar-refractivity contribution in [3.63, 3.8) is 0 Å². The Bertz CT molecular complexity index is 920. The van der Waals surface area contributed by atoms with Crippen molar-refractivity contribution in [2.75, 3.05) is 26.2 Å². The molecule has 156 valence electrons. The van der Waals surface area contributed by atoms with Gasteiger partial charge in [0, 0.05) is 38.6 Å². The summed E-state index contributed by atoms with van der Waals surface area (Å²) >= 11 is 0. The zero-order valence-corrected chi connectivity index (χ0v) is 17.2. The molecule has 3 heterocycles. The van der Waals surface area contributed by atoms with Gasteiger partial charge in [-0.15, -0.1) is 5.10 Å². The Morgan fingerprint density at radius 2 is 1.97 bits per heavy atom. The first-order chi connectivity index (χ1) is 14.0. The van der Waals surface area contributed by atoms with Crippen LogP contribution in [0.5, 0.6) is 0 Å². The van der Waals surface area contributed by atoms with E-state index in [0.29, 0.717) is 10.9 Å². The highest BCUT2D eigenvalue weighted by molar-refractivity contribution is 5.77. The lowest BCUT2D eigenvalue weighted by molar-refractivity contribution is -0.133. The van der Waals surface area contributed by atoms with Crippen LogP contribution in [0.2, 0.25) is 0 Å². The molecule has 4 rings (SSSR count). The van der Waals surface area contributed by atoms with Gasteiger partial charge in [0.25, 0.3) is 5.56 Å². The fourth-order valence-electron chi connectivity index (χ4n) is 4.60. The van der Waals surface area contributed by atoms with Gasteiger partial charge in [-0.2, -0.15) is 0 Å². The third-order valence-corrected chi connectivity index (χ3v) is 5.83. The highest BCUT2D eigenvalue weighted by Gasteiger charge is 2.32. The Labute approximate surface area is 170 Å². The Hall–Kier alpha value is -2.32. The number of fused-ring (bicyclic) bond motifs is 1. The van der Waals surface area contributed by atoms with Crippen LogP contribution in [0, 0.1) is 0 Å². The number of carbonyl (C=O) groups is 1. The van der Waals surface area contributed by atoms with Gasteiger partial charge in [-0.25, -0.2) is 4.68 Å². The largest absolute Gasteiger partial charge is 0.373 e. The maximum atomic E-state index is 12.9. The van der Waals surface area contributed by atoms with Crippen molar-refractivity contribution in [2.45, 2.75) is 57.9 Å². The summed E-state index contributed by atoms with van der Waals surface area (Å²) in [4.78, 5) is 29.9. The van der Waals surface area contributed by atoms with E-state index in [4.69, 9.17) is 4.74 Å². The number of rotatable bonds is 5. The summed E-state index contributed by atoms with van der Waals surface area (Å²) in [5.41, 5.74) is 0.381. The molecule has 1 aromatic heterocycles. The van der Waals surface area contributed by atoms with Crippen molar-refractivity contribution in [1.29, 1.82) is 0 Å². The normalized spacial score (nSPS) is 25.6. The molecule has 3 atom stereocenters. The van der Waals surface area contributed by atoms with Gasteiger partial charge in [0.15, 0.2) is 0 Å². The quantitative estimate of drug-likeness (QED) is 0.754. The van der Waals surface area contributed by atoms with Crippen LogP contribution in [0.1, 0.15) is 33.1 Å². The summed E-state index contributed by atoms with van der Waals surface area (Å²) in [5.74, 6) is 0.0868. The van der Waals surface area contributed by atoms with Gasteiger partial charge in [0.1, 0.15) is 5.52 Å². The molecule has 0 radical (unpaired) electrons. The molecule has 0 N–H and O–H groups in total. The fraction of sp³-hybridized carbons (Fsp3) is 0.619. The molecule has 1 aromatic carbocycles. The third kappa shape index (κ3) is 4.48. The number of ether oxygens (including phenoxy) is 1. The zero-order valence-electron chi connectivity index (χ0n) is 17.2. The van der Waals surface area contributed by atoms with E-state index in [1.165, 1.54) is 4.68 Å². The lowest BCUT2D eigenvalue weighted by Crippen LogP contribution is -2.51. The second kappa shape index (κ2) is 8.59. The minimum absolute atomic E-state index is 0.0868. The summed E-state index contributed by atoms with van der Waals surface area (Å²) in [7, 11) is 0. The molecule has 0 bridgehead atoms. The van der Waals surface area contributed by atoms with Crippen LogP contribution in [0.3, 0.4) is 0 Å². The number of aromatic nitrogens is 3. The van der Waals surface area contributed by atoms with Gasteiger partial charge >= 0.3 is 0 Å². The number of carbonyl (C=O) groups excluding carboxylic acids is 1. The number of nitrogens with zero attached hydrogens (tertiary/aromatic N) is 5. The number of benzene rings is 1. The molecule has 3 unspecified atom stereocenters. The summed E-state index contributed by atoms with van der Waals surface area (Å²) in [6, 6.07) is 7.38. The van der Waals surface area contributed by atoms with Gasteiger partial charge in [-0.1, -0.05) is 17.3 Å². The summed E-state index contributed by atoms with van der Waals surface area (Å²) in [6.45, 7) is 7.95. The van der Waals surface area contributed by atoms with Crippen LogP contribution in [-0.2, 0) is 16.1 Å². The average Bonchev–Trinajstić information content (AvgIpc) is 3.15. The van der Waals surface area contributed by atoms with E-state index < -0.39 is 0 Å². The minimum atomic E-state index is -0.197. The van der Waals surface area contributed by atoms with Crippen molar-refractivity contribution < 1.29 is 9.53 Å². The van der Waals surface area contributed by atoms with Gasteiger partial charge in [0.2, 0.25) is 5.91 Å². The Kier molecular flexibility index (Phi) is 5.91. The van der Waals surface area contributed by atoms with Gasteiger partial charge in [-0.05, 0) is 38.8 Å². The first-order valence-electron chi connectivity index (χ1n) is 10.5. The number of aryl methyl sites for hydroxylation is 1. The highest BCUT2D eigenvalue weighted by atomic mass is 16.5. The lowest BCUT2D eigenvalue weighted by Gasteiger charge is -2.38. The predicted molar refractivity (Wildman–Crippen MR) is 110 cm³/mol. The van der Waals surface area contributed by atoms with E-state index >= 15 is 0 Å². The smallest absolute Gasteiger partial charge is 0.277 e. The highest BCUT2D eigenvalue weighted by Crippen LogP contribution is 2.21. The fourth-order valence-corrected chi connectivity index (χ4v) is 4.60. The van der Waals surface area contributed by atoms with Gasteiger partial charge in [-0.3, -0.25) is 14.5 Å². The number of hydrogen-bond acceptors (Lipinski definition) is 6. The van der Waals surface area contributed by atoms with E-state index in [-0.39, 0.29) is 42.7 Å². The van der Waals surface area contributed by atoms with E-state index in [0.717, 1.165) is 39.0 Å². The van der Waals surface area contributed by atoms with Crippen molar-refractivity contribution in [3.8, 4) is 0 Å². The molecular weight excluding hydrogens is 370 g/mol. The van der Waals surface area contributed by atoms with Crippen LogP contribution in [0.25, 0.3) is 10.9 Å². The Morgan fingerprint density at radius 3 is 2.76 bits per heavy atom. The lowest BCUT2D eigenvalue weighted by atomic mass is 10.1. The molecular formula is C21H29N5O3. The number of amides is 1. The monoisotopic (exact) mass is 399 g/mol. The summed E-state index contributed by atoms with van der Waals surface area (Å²) in [6.07, 6.45) is 2.77. The Balaban J connectivity index is 1.38. The first-order valence-corrected chi connectivity index (χ1v) is 10.5. The predicted octanol–water partition coefficient (Wildman–Crippen LogP) is 1.28. The number of likely N-dealkylation sites (tertiary alicyclic amines) is 1. The maximum Gasteiger partial charge on any atom is 0.277 e. The number of hydrogen-bond donors (Lipinski definition) is 0. The molecule has 0 saturated carbocycles. The zero-order chi connectivity index (χ0) is 20.4.